The topological polar surface area (TPSA) is 124 Å². The van der Waals surface area contributed by atoms with Gasteiger partial charge >= 0.3 is 0 Å². The number of primary sulfonamides is 1. The third-order valence-corrected chi connectivity index (χ3v) is 5.30. The summed E-state index contributed by atoms with van der Waals surface area (Å²) in [5, 5.41) is 12.7. The van der Waals surface area contributed by atoms with Gasteiger partial charge in [0.15, 0.2) is 9.34 Å². The highest BCUT2D eigenvalue weighted by molar-refractivity contribution is 7.91. The maximum absolute atomic E-state index is 11.2. The highest BCUT2D eigenvalue weighted by atomic mass is 35.5. The van der Waals surface area contributed by atoms with Gasteiger partial charge < -0.3 is 9.84 Å². The first kappa shape index (κ1) is 15.9. The number of rotatable bonds is 5. The van der Waals surface area contributed by atoms with Crippen LogP contribution in [0.5, 0.6) is 0 Å². The van der Waals surface area contributed by atoms with Gasteiger partial charge in [-0.15, -0.1) is 0 Å². The van der Waals surface area contributed by atoms with Gasteiger partial charge in [-0.1, -0.05) is 40.2 Å². The molecule has 0 aliphatic heterocycles. The Morgan fingerprint density at radius 3 is 2.91 bits per heavy atom. The minimum atomic E-state index is -3.75. The minimum Gasteiger partial charge on any atom is -0.352 e. The number of hydrogen-bond donors (Lipinski definition) is 2. The standard InChI is InChI=1S/C12H10ClN5O3S2/c13-8-3-1-2-7(4-8)11-17-9(21-18-11)5-15-12-16-6-10(22-12)23(14,19)20/h1-4,6H,5H2,(H,15,16)(H2,14,19,20). The second-order valence-corrected chi connectivity index (χ2v) is 7.66. The molecule has 2 heterocycles. The van der Waals surface area contributed by atoms with Gasteiger partial charge in [-0.05, 0) is 12.1 Å². The molecule has 1 aromatic carbocycles. The van der Waals surface area contributed by atoms with E-state index >= 15 is 0 Å². The summed E-state index contributed by atoms with van der Waals surface area (Å²) in [6, 6.07) is 7.07. The van der Waals surface area contributed by atoms with Crippen LogP contribution in [0.3, 0.4) is 0 Å². The van der Waals surface area contributed by atoms with Crippen molar-refractivity contribution in [2.24, 2.45) is 5.14 Å². The Morgan fingerprint density at radius 1 is 1.39 bits per heavy atom. The normalized spacial score (nSPS) is 11.6. The van der Waals surface area contributed by atoms with Gasteiger partial charge in [0.05, 0.1) is 12.7 Å². The van der Waals surface area contributed by atoms with Gasteiger partial charge in [0, 0.05) is 10.6 Å². The Bertz CT molecular complexity index is 938. The third-order valence-electron chi connectivity index (χ3n) is 2.71. The molecule has 0 saturated heterocycles. The number of nitrogens with zero attached hydrogens (tertiary/aromatic N) is 3. The van der Waals surface area contributed by atoms with Crippen molar-refractivity contribution in [2.75, 3.05) is 5.32 Å². The fourth-order valence-corrected chi connectivity index (χ4v) is 3.33. The van der Waals surface area contributed by atoms with Crippen LogP contribution in [0.2, 0.25) is 5.02 Å². The molecule has 0 fully saturated rings. The summed E-state index contributed by atoms with van der Waals surface area (Å²) in [6.07, 6.45) is 1.19. The fraction of sp³-hybridized carbons (Fsp3) is 0.0833. The number of thiazole rings is 1. The SMILES string of the molecule is NS(=O)(=O)c1cnc(NCc2nc(-c3cccc(Cl)c3)no2)s1. The quantitative estimate of drug-likeness (QED) is 0.703. The first-order chi connectivity index (χ1) is 10.9. The predicted molar refractivity (Wildman–Crippen MR) is 85.6 cm³/mol. The van der Waals surface area contributed by atoms with Crippen LogP contribution in [-0.4, -0.2) is 23.5 Å². The Labute approximate surface area is 140 Å². The summed E-state index contributed by atoms with van der Waals surface area (Å²) >= 11 is 6.84. The lowest BCUT2D eigenvalue weighted by molar-refractivity contribution is 0.384. The molecule has 120 valence electrons. The van der Waals surface area contributed by atoms with E-state index in [2.05, 4.69) is 20.4 Å². The van der Waals surface area contributed by atoms with Crippen LogP contribution in [-0.2, 0) is 16.6 Å². The van der Waals surface area contributed by atoms with E-state index in [1.165, 1.54) is 6.20 Å². The van der Waals surface area contributed by atoms with E-state index < -0.39 is 10.0 Å². The molecular weight excluding hydrogens is 362 g/mol. The van der Waals surface area contributed by atoms with Crippen LogP contribution in [0.1, 0.15) is 5.89 Å². The van der Waals surface area contributed by atoms with Crippen LogP contribution >= 0.6 is 22.9 Å². The van der Waals surface area contributed by atoms with Crippen LogP contribution in [0, 0.1) is 0 Å². The molecule has 0 bridgehead atoms. The van der Waals surface area contributed by atoms with Crippen molar-refractivity contribution in [2.45, 2.75) is 10.8 Å². The molecule has 0 amide bonds. The van der Waals surface area contributed by atoms with Crippen LogP contribution in [0.25, 0.3) is 11.4 Å². The Hall–Kier alpha value is -2.01. The van der Waals surface area contributed by atoms with E-state index in [0.717, 1.165) is 16.9 Å². The fourth-order valence-electron chi connectivity index (χ4n) is 1.70. The zero-order valence-corrected chi connectivity index (χ0v) is 13.8. The van der Waals surface area contributed by atoms with Crippen molar-refractivity contribution in [1.82, 2.24) is 15.1 Å². The highest BCUT2D eigenvalue weighted by Gasteiger charge is 2.14. The van der Waals surface area contributed by atoms with Crippen molar-refractivity contribution in [1.29, 1.82) is 0 Å². The second kappa shape index (κ2) is 6.24. The Balaban J connectivity index is 1.69. The molecule has 0 saturated carbocycles. The van der Waals surface area contributed by atoms with Gasteiger partial charge in [0.25, 0.3) is 0 Å². The lowest BCUT2D eigenvalue weighted by atomic mass is 10.2. The van der Waals surface area contributed by atoms with E-state index in [-0.39, 0.29) is 10.8 Å². The molecule has 11 heteroatoms. The molecule has 0 aliphatic rings. The summed E-state index contributed by atoms with van der Waals surface area (Å²) in [5.41, 5.74) is 0.734. The minimum absolute atomic E-state index is 0.0230. The molecule has 8 nitrogen and oxygen atoms in total. The maximum Gasteiger partial charge on any atom is 0.249 e. The average molecular weight is 372 g/mol. The first-order valence-corrected chi connectivity index (χ1v) is 8.97. The summed E-state index contributed by atoms with van der Waals surface area (Å²) < 4.78 is 27.5. The summed E-state index contributed by atoms with van der Waals surface area (Å²) in [5.74, 6) is 0.737. The maximum atomic E-state index is 11.2. The zero-order chi connectivity index (χ0) is 16.4. The lowest BCUT2D eigenvalue weighted by Crippen LogP contribution is -2.09. The van der Waals surface area contributed by atoms with Crippen LogP contribution in [0.4, 0.5) is 5.13 Å². The van der Waals surface area contributed by atoms with E-state index in [1.807, 2.05) is 6.07 Å². The van der Waals surface area contributed by atoms with Gasteiger partial charge in [-0.25, -0.2) is 18.5 Å². The van der Waals surface area contributed by atoms with Gasteiger partial charge in [-0.3, -0.25) is 0 Å². The van der Waals surface area contributed by atoms with Crippen LogP contribution in [0.15, 0.2) is 39.2 Å². The number of benzene rings is 1. The summed E-state index contributed by atoms with van der Waals surface area (Å²) in [7, 11) is -3.75. The second-order valence-electron chi connectivity index (χ2n) is 4.41. The molecule has 3 N–H and O–H groups in total. The van der Waals surface area contributed by atoms with Crippen LogP contribution < -0.4 is 10.5 Å². The van der Waals surface area contributed by atoms with E-state index in [1.54, 1.807) is 18.2 Å². The molecule has 0 atom stereocenters. The number of halogens is 1. The predicted octanol–water partition coefficient (Wildman–Crippen LogP) is 2.11. The number of nitrogens with two attached hydrogens (primary N) is 1. The molecule has 0 radical (unpaired) electrons. The summed E-state index contributed by atoms with van der Waals surface area (Å²) in [4.78, 5) is 8.14. The van der Waals surface area contributed by atoms with Gasteiger partial charge in [-0.2, -0.15) is 4.98 Å². The van der Waals surface area contributed by atoms with Crippen molar-refractivity contribution >= 4 is 38.1 Å². The first-order valence-electron chi connectivity index (χ1n) is 6.23. The molecular formula is C12H10ClN5O3S2. The van der Waals surface area contributed by atoms with E-state index in [0.29, 0.717) is 21.9 Å². The van der Waals surface area contributed by atoms with E-state index in [9.17, 15) is 8.42 Å². The molecule has 2 aromatic heterocycles. The smallest absolute Gasteiger partial charge is 0.249 e. The van der Waals surface area contributed by atoms with Crippen molar-refractivity contribution < 1.29 is 12.9 Å². The highest BCUT2D eigenvalue weighted by Crippen LogP contribution is 2.23. The molecule has 0 aliphatic carbocycles. The number of hydrogen-bond acceptors (Lipinski definition) is 8. The molecule has 3 rings (SSSR count). The molecule has 3 aromatic rings. The van der Waals surface area contributed by atoms with Crippen molar-refractivity contribution in [3.63, 3.8) is 0 Å². The number of aromatic nitrogens is 3. The largest absolute Gasteiger partial charge is 0.352 e. The number of anilines is 1. The summed E-state index contributed by atoms with van der Waals surface area (Å²) in [6.45, 7) is 0.200. The van der Waals surface area contributed by atoms with Gasteiger partial charge in [0.1, 0.15) is 0 Å². The van der Waals surface area contributed by atoms with Crippen molar-refractivity contribution in [3.8, 4) is 11.4 Å². The molecule has 23 heavy (non-hydrogen) atoms. The van der Waals surface area contributed by atoms with Gasteiger partial charge in [0.2, 0.25) is 21.7 Å². The Kier molecular flexibility index (Phi) is 4.31. The molecule has 0 unspecified atom stereocenters. The van der Waals surface area contributed by atoms with Crippen molar-refractivity contribution in [3.05, 3.63) is 41.4 Å². The third kappa shape index (κ3) is 3.85. The average Bonchev–Trinajstić information content (AvgIpc) is 3.14. The number of nitrogens with one attached hydrogen (secondary N) is 1. The number of sulfonamides is 1. The molecule has 0 spiro atoms. The lowest BCUT2D eigenvalue weighted by Gasteiger charge is -1.96. The van der Waals surface area contributed by atoms with E-state index in [4.69, 9.17) is 21.3 Å². The monoisotopic (exact) mass is 371 g/mol. The zero-order valence-electron chi connectivity index (χ0n) is 11.4. The Morgan fingerprint density at radius 2 is 2.22 bits per heavy atom.